The van der Waals surface area contributed by atoms with Gasteiger partial charge in [0.2, 0.25) is 0 Å². The maximum Gasteiger partial charge on any atom is 0.266 e. The summed E-state index contributed by atoms with van der Waals surface area (Å²) in [6.07, 6.45) is 1.46. The first kappa shape index (κ1) is 27.8. The summed E-state index contributed by atoms with van der Waals surface area (Å²) in [7, 11) is 0. The number of ether oxygens (including phenoxy) is 2. The molecule has 190 valence electrons. The molecular weight excluding hydrogens is 558 g/mol. The molecule has 9 heteroatoms. The van der Waals surface area contributed by atoms with Crippen LogP contribution in [0.5, 0.6) is 11.5 Å². The third kappa shape index (κ3) is 7.59. The molecule has 0 fully saturated rings. The first-order chi connectivity index (χ1) is 17.7. The van der Waals surface area contributed by atoms with E-state index in [2.05, 4.69) is 26.6 Å². The molecule has 0 aromatic heterocycles. The number of para-hydroxylation sites is 1. The van der Waals surface area contributed by atoms with E-state index in [0.717, 1.165) is 11.1 Å². The van der Waals surface area contributed by atoms with Gasteiger partial charge in [-0.15, -0.1) is 0 Å². The second-order valence-corrected chi connectivity index (χ2v) is 9.26. The van der Waals surface area contributed by atoms with Crippen LogP contribution < -0.4 is 20.1 Å². The van der Waals surface area contributed by atoms with Crippen molar-refractivity contribution in [3.05, 3.63) is 86.4 Å². The lowest BCUT2D eigenvalue weighted by atomic mass is 10.1. The molecule has 3 aromatic rings. The van der Waals surface area contributed by atoms with Crippen LogP contribution in [0.2, 0.25) is 5.02 Å². The van der Waals surface area contributed by atoms with Crippen molar-refractivity contribution < 1.29 is 19.1 Å². The van der Waals surface area contributed by atoms with Crippen LogP contribution in [-0.4, -0.2) is 25.0 Å². The summed E-state index contributed by atoms with van der Waals surface area (Å²) in [5.41, 5.74) is 3.43. The number of hydrogen-bond donors (Lipinski definition) is 2. The Hall–Kier alpha value is -3.80. The summed E-state index contributed by atoms with van der Waals surface area (Å²) in [6, 6.07) is 17.8. The molecule has 0 aliphatic carbocycles. The summed E-state index contributed by atoms with van der Waals surface area (Å²) in [5.74, 6) is -0.234. The Labute approximate surface area is 229 Å². The van der Waals surface area contributed by atoms with Gasteiger partial charge in [-0.2, -0.15) is 5.26 Å². The fourth-order valence-electron chi connectivity index (χ4n) is 3.30. The molecular formula is C28H25BrClN3O4. The van der Waals surface area contributed by atoms with E-state index in [-0.39, 0.29) is 18.1 Å². The number of carbonyl (C=O) groups excluding carboxylic acids is 2. The molecule has 3 rings (SSSR count). The van der Waals surface area contributed by atoms with Crippen LogP contribution in [0, 0.1) is 25.2 Å². The van der Waals surface area contributed by atoms with Crippen molar-refractivity contribution in [1.29, 1.82) is 5.26 Å². The smallest absolute Gasteiger partial charge is 0.266 e. The summed E-state index contributed by atoms with van der Waals surface area (Å²) in [4.78, 5) is 25.1. The Bertz CT molecular complexity index is 1400. The lowest BCUT2D eigenvalue weighted by Gasteiger charge is -2.15. The number of aryl methyl sites for hydroxylation is 2. The number of rotatable bonds is 9. The fraction of sp³-hybridized carbons (Fsp3) is 0.179. The Morgan fingerprint density at radius 1 is 1.05 bits per heavy atom. The standard InChI is InChI=1S/C28H25BrClN3O4/c1-4-36-25-13-19(11-20(15-31)28(35)33-24-8-6-5-7-18(24)3)12-22(29)27(25)37-16-26(34)32-21-10-9-17(2)23(30)14-21/h5-14H,4,16H2,1-3H3,(H,32,34)(H,33,35)/b20-11-. The van der Waals surface area contributed by atoms with Crippen LogP contribution in [-0.2, 0) is 9.59 Å². The number of anilines is 2. The number of nitrogens with zero attached hydrogens (tertiary/aromatic N) is 1. The monoisotopic (exact) mass is 581 g/mol. The average Bonchev–Trinajstić information content (AvgIpc) is 2.85. The molecule has 0 aliphatic rings. The minimum atomic E-state index is -0.529. The van der Waals surface area contributed by atoms with Gasteiger partial charge in [-0.25, -0.2) is 0 Å². The van der Waals surface area contributed by atoms with Crippen molar-refractivity contribution in [2.75, 3.05) is 23.8 Å². The van der Waals surface area contributed by atoms with Crippen molar-refractivity contribution in [2.45, 2.75) is 20.8 Å². The Kier molecular flexibility index (Phi) is 9.72. The number of hydrogen-bond acceptors (Lipinski definition) is 5. The number of halogens is 2. The zero-order chi connectivity index (χ0) is 26.9. The molecule has 2 amide bonds. The van der Waals surface area contributed by atoms with Crippen molar-refractivity contribution in [3.8, 4) is 17.6 Å². The number of nitriles is 1. The van der Waals surface area contributed by atoms with Gasteiger partial charge in [0.05, 0.1) is 11.1 Å². The van der Waals surface area contributed by atoms with E-state index in [1.54, 1.807) is 36.4 Å². The topological polar surface area (TPSA) is 100 Å². The molecule has 0 radical (unpaired) electrons. The van der Waals surface area contributed by atoms with E-state index in [4.69, 9.17) is 21.1 Å². The summed E-state index contributed by atoms with van der Waals surface area (Å²) < 4.78 is 12.0. The van der Waals surface area contributed by atoms with Crippen LogP contribution in [0.15, 0.2) is 64.6 Å². The van der Waals surface area contributed by atoms with Gasteiger partial charge in [0.15, 0.2) is 18.1 Å². The van der Waals surface area contributed by atoms with Gasteiger partial charge in [-0.05, 0) is 89.8 Å². The Balaban J connectivity index is 1.77. The molecule has 37 heavy (non-hydrogen) atoms. The maximum atomic E-state index is 12.7. The molecule has 0 aliphatic heterocycles. The van der Waals surface area contributed by atoms with E-state index in [1.165, 1.54) is 6.08 Å². The number of carbonyl (C=O) groups is 2. The first-order valence-electron chi connectivity index (χ1n) is 11.4. The van der Waals surface area contributed by atoms with E-state index in [9.17, 15) is 14.9 Å². The first-order valence-corrected chi connectivity index (χ1v) is 12.5. The molecule has 0 heterocycles. The molecule has 0 unspecified atom stereocenters. The van der Waals surface area contributed by atoms with Gasteiger partial charge in [0.25, 0.3) is 11.8 Å². The highest BCUT2D eigenvalue weighted by atomic mass is 79.9. The third-order valence-corrected chi connectivity index (χ3v) is 6.20. The average molecular weight is 583 g/mol. The van der Waals surface area contributed by atoms with Gasteiger partial charge >= 0.3 is 0 Å². The minimum absolute atomic E-state index is 0.0811. The van der Waals surface area contributed by atoms with Crippen molar-refractivity contribution in [1.82, 2.24) is 0 Å². The predicted octanol–water partition coefficient (Wildman–Crippen LogP) is 6.68. The number of benzene rings is 3. The minimum Gasteiger partial charge on any atom is -0.490 e. The maximum absolute atomic E-state index is 12.7. The highest BCUT2D eigenvalue weighted by Crippen LogP contribution is 2.37. The zero-order valence-corrected chi connectivity index (χ0v) is 22.9. The normalized spacial score (nSPS) is 10.9. The van der Waals surface area contributed by atoms with E-state index >= 15 is 0 Å². The summed E-state index contributed by atoms with van der Waals surface area (Å²) in [6.45, 7) is 5.61. The van der Waals surface area contributed by atoms with Crippen molar-refractivity contribution in [3.63, 3.8) is 0 Å². The zero-order valence-electron chi connectivity index (χ0n) is 20.5. The SMILES string of the molecule is CCOc1cc(/C=C(/C#N)C(=O)Nc2ccccc2C)cc(Br)c1OCC(=O)Nc1ccc(C)c(Cl)c1. The summed E-state index contributed by atoms with van der Waals surface area (Å²) in [5, 5.41) is 15.6. The highest BCUT2D eigenvalue weighted by Gasteiger charge is 2.16. The largest absolute Gasteiger partial charge is 0.490 e. The van der Waals surface area contributed by atoms with E-state index in [0.29, 0.717) is 44.5 Å². The van der Waals surface area contributed by atoms with Gasteiger partial charge in [0, 0.05) is 16.4 Å². The predicted molar refractivity (Wildman–Crippen MR) is 149 cm³/mol. The van der Waals surface area contributed by atoms with Crippen LogP contribution >= 0.6 is 27.5 Å². The van der Waals surface area contributed by atoms with Crippen LogP contribution in [0.25, 0.3) is 6.08 Å². The summed E-state index contributed by atoms with van der Waals surface area (Å²) >= 11 is 9.57. The molecule has 3 aromatic carbocycles. The number of amides is 2. The van der Waals surface area contributed by atoms with Crippen molar-refractivity contribution in [2.24, 2.45) is 0 Å². The Morgan fingerprint density at radius 3 is 2.49 bits per heavy atom. The molecule has 2 N–H and O–H groups in total. The van der Waals surface area contributed by atoms with Crippen LogP contribution in [0.3, 0.4) is 0 Å². The molecule has 0 saturated heterocycles. The number of nitrogens with one attached hydrogen (secondary N) is 2. The quantitative estimate of drug-likeness (QED) is 0.216. The molecule has 0 saturated carbocycles. The Morgan fingerprint density at radius 2 is 1.81 bits per heavy atom. The van der Waals surface area contributed by atoms with E-state index < -0.39 is 5.91 Å². The third-order valence-electron chi connectivity index (χ3n) is 5.20. The molecule has 0 spiro atoms. The van der Waals surface area contributed by atoms with Gasteiger partial charge in [-0.1, -0.05) is 35.9 Å². The fourth-order valence-corrected chi connectivity index (χ4v) is 4.05. The van der Waals surface area contributed by atoms with Gasteiger partial charge in [0.1, 0.15) is 11.6 Å². The lowest BCUT2D eigenvalue weighted by Crippen LogP contribution is -2.20. The van der Waals surface area contributed by atoms with Gasteiger partial charge in [-0.3, -0.25) is 9.59 Å². The molecule has 0 atom stereocenters. The lowest BCUT2D eigenvalue weighted by molar-refractivity contribution is -0.118. The molecule has 0 bridgehead atoms. The second kappa shape index (κ2) is 12.9. The van der Waals surface area contributed by atoms with Crippen molar-refractivity contribution >= 4 is 56.8 Å². The van der Waals surface area contributed by atoms with E-state index in [1.807, 2.05) is 45.0 Å². The highest BCUT2D eigenvalue weighted by molar-refractivity contribution is 9.10. The second-order valence-electron chi connectivity index (χ2n) is 8.00. The molecule has 7 nitrogen and oxygen atoms in total. The van der Waals surface area contributed by atoms with Gasteiger partial charge < -0.3 is 20.1 Å². The van der Waals surface area contributed by atoms with Crippen LogP contribution in [0.4, 0.5) is 11.4 Å². The van der Waals surface area contributed by atoms with Crippen LogP contribution in [0.1, 0.15) is 23.6 Å².